The van der Waals surface area contributed by atoms with Crippen LogP contribution in [0.4, 0.5) is 0 Å². The van der Waals surface area contributed by atoms with Gasteiger partial charge < -0.3 is 5.73 Å². The van der Waals surface area contributed by atoms with Gasteiger partial charge in [0, 0.05) is 27.7 Å². The molecule has 3 aliphatic rings. The predicted octanol–water partition coefficient (Wildman–Crippen LogP) is 15.5. The number of hydrogen-bond acceptors (Lipinski definition) is 2. The summed E-state index contributed by atoms with van der Waals surface area (Å²) in [4.78, 5) is 5.15. The molecule has 8 aromatic carbocycles. The predicted molar refractivity (Wildman–Crippen MR) is 269 cm³/mol. The Morgan fingerprint density at radius 3 is 1.97 bits per heavy atom. The Kier molecular flexibility index (Phi) is 8.99. The number of nitrogens with two attached hydrogens (primary N) is 1. The molecule has 304 valence electrons. The quantitative estimate of drug-likeness (QED) is 0.126. The fourth-order valence-electron chi connectivity index (χ4n) is 10.9. The Hall–Kier alpha value is -7.29. The molecule has 0 saturated heterocycles. The average molecular weight is 811 g/mol. The second-order valence-corrected chi connectivity index (χ2v) is 18.5. The normalized spacial score (nSPS) is 15.9. The summed E-state index contributed by atoms with van der Waals surface area (Å²) in [5, 5.41) is 4.54. The minimum Gasteiger partial charge on any atom is -0.398 e. The molecule has 2 N–H and O–H groups in total. The zero-order valence-electron chi connectivity index (χ0n) is 36.5. The van der Waals surface area contributed by atoms with E-state index in [-0.39, 0.29) is 10.8 Å². The lowest BCUT2D eigenvalue weighted by molar-refractivity contribution is 0.651. The fraction of sp³-hybridized carbons (Fsp3) is 0.131. The molecule has 0 amide bonds. The van der Waals surface area contributed by atoms with Gasteiger partial charge in [0.15, 0.2) is 0 Å². The van der Waals surface area contributed by atoms with Crippen LogP contribution in [0.2, 0.25) is 0 Å². The number of fused-ring (bicyclic) bond motifs is 7. The Morgan fingerprint density at radius 2 is 1.17 bits per heavy atom. The number of nitrogens with zero attached hydrogens (tertiary/aromatic N) is 1. The molecule has 0 bridgehead atoms. The van der Waals surface area contributed by atoms with Gasteiger partial charge in [0.1, 0.15) is 0 Å². The van der Waals surface area contributed by atoms with Crippen molar-refractivity contribution in [2.45, 2.75) is 51.4 Å². The van der Waals surface area contributed by atoms with Crippen molar-refractivity contribution in [1.82, 2.24) is 0 Å². The van der Waals surface area contributed by atoms with Crippen molar-refractivity contribution >= 4 is 44.2 Å². The van der Waals surface area contributed by atoms with Crippen LogP contribution < -0.4 is 5.73 Å². The second kappa shape index (κ2) is 14.7. The van der Waals surface area contributed by atoms with Crippen molar-refractivity contribution in [3.63, 3.8) is 0 Å². The van der Waals surface area contributed by atoms with Crippen molar-refractivity contribution < 1.29 is 0 Å². The number of hydrogen-bond donors (Lipinski definition) is 1. The molecule has 0 atom stereocenters. The first-order chi connectivity index (χ1) is 30.6. The highest BCUT2D eigenvalue weighted by atomic mass is 14.8. The third-order valence-electron chi connectivity index (χ3n) is 14.1. The smallest absolute Gasteiger partial charge is 0.0729 e. The minimum absolute atomic E-state index is 0.0364. The standard InChI is InChI=1S/C61H50N2/c1-38(39-18-8-6-9-19-39)63-57(40-20-10-7-11-21-40)37-56(62)59-48-25-13-12-24-47(48)58(43-30-33-54-50(35-43)45-23-15-17-27-53(45)60(54,2)3)51-34-41(29-32-49(51)59)42-28-31-46-44-22-14-16-26-52(44)61(4,5)55(46)36-42/h6-14,16-22,24-37H,1,15,23,62H2,2-5H3/b56-37-,63-57?. The van der Waals surface area contributed by atoms with E-state index in [1.165, 1.54) is 77.6 Å². The van der Waals surface area contributed by atoms with E-state index in [2.05, 4.69) is 162 Å². The van der Waals surface area contributed by atoms with Crippen LogP contribution in [-0.2, 0) is 10.8 Å². The molecule has 8 aromatic rings. The van der Waals surface area contributed by atoms with Crippen LogP contribution in [0.15, 0.2) is 199 Å². The summed E-state index contributed by atoms with van der Waals surface area (Å²) < 4.78 is 0. The van der Waals surface area contributed by atoms with Gasteiger partial charge >= 0.3 is 0 Å². The van der Waals surface area contributed by atoms with E-state index < -0.39 is 0 Å². The van der Waals surface area contributed by atoms with E-state index in [9.17, 15) is 0 Å². The summed E-state index contributed by atoms with van der Waals surface area (Å²) in [5.74, 6) is 0. The van der Waals surface area contributed by atoms with Crippen LogP contribution >= 0.6 is 0 Å². The molecule has 63 heavy (non-hydrogen) atoms. The molecule has 0 unspecified atom stereocenters. The van der Waals surface area contributed by atoms with Crippen LogP contribution in [0.1, 0.15) is 79.5 Å². The highest BCUT2D eigenvalue weighted by Crippen LogP contribution is 2.53. The average Bonchev–Trinajstić information content (AvgIpc) is 3.69. The molecule has 2 nitrogen and oxygen atoms in total. The van der Waals surface area contributed by atoms with E-state index in [1.54, 1.807) is 0 Å². The fourth-order valence-corrected chi connectivity index (χ4v) is 10.9. The first-order valence-corrected chi connectivity index (χ1v) is 22.2. The van der Waals surface area contributed by atoms with Gasteiger partial charge in [0.2, 0.25) is 0 Å². The van der Waals surface area contributed by atoms with Crippen LogP contribution in [0.25, 0.3) is 71.9 Å². The zero-order valence-corrected chi connectivity index (χ0v) is 36.5. The Balaban J connectivity index is 1.16. The van der Waals surface area contributed by atoms with Crippen molar-refractivity contribution in [3.05, 3.63) is 233 Å². The maximum Gasteiger partial charge on any atom is 0.0729 e. The van der Waals surface area contributed by atoms with Gasteiger partial charge in [-0.1, -0.05) is 192 Å². The first-order valence-electron chi connectivity index (χ1n) is 22.2. The maximum atomic E-state index is 7.47. The van der Waals surface area contributed by atoms with Crippen LogP contribution in [0.5, 0.6) is 0 Å². The van der Waals surface area contributed by atoms with Gasteiger partial charge in [-0.3, -0.25) is 0 Å². The maximum absolute atomic E-state index is 7.47. The minimum atomic E-state index is -0.101. The van der Waals surface area contributed by atoms with Crippen molar-refractivity contribution in [2.75, 3.05) is 0 Å². The molecule has 2 heteroatoms. The third kappa shape index (κ3) is 6.19. The first kappa shape index (κ1) is 38.6. The zero-order chi connectivity index (χ0) is 43.0. The Morgan fingerprint density at radius 1 is 0.556 bits per heavy atom. The van der Waals surface area contributed by atoms with Crippen molar-refractivity contribution in [1.29, 1.82) is 0 Å². The lowest BCUT2D eigenvalue weighted by Crippen LogP contribution is -2.16. The monoisotopic (exact) mass is 810 g/mol. The van der Waals surface area contributed by atoms with Gasteiger partial charge in [-0.2, -0.15) is 0 Å². The van der Waals surface area contributed by atoms with E-state index in [4.69, 9.17) is 10.7 Å². The van der Waals surface area contributed by atoms with Gasteiger partial charge in [0.25, 0.3) is 0 Å². The lowest BCUT2D eigenvalue weighted by atomic mass is 9.79. The molecular weight excluding hydrogens is 761 g/mol. The SMILES string of the molecule is C=C(N=C(/C=C(\N)c1c2ccccc2c(-c2ccc3c(c2)C2=C(C=CCC2)C3(C)C)c2cc(-c3ccc4c(c3)C(C)(C)c3ccccc3-4)ccc12)c1ccccc1)c1ccccc1. The van der Waals surface area contributed by atoms with Crippen LogP contribution in [-0.4, -0.2) is 5.71 Å². The molecular formula is C61H50N2. The highest BCUT2D eigenvalue weighted by Gasteiger charge is 2.38. The van der Waals surface area contributed by atoms with Crippen molar-refractivity contribution in [3.8, 4) is 33.4 Å². The third-order valence-corrected chi connectivity index (χ3v) is 14.1. The van der Waals surface area contributed by atoms with Crippen molar-refractivity contribution in [2.24, 2.45) is 10.7 Å². The van der Waals surface area contributed by atoms with Crippen LogP contribution in [0, 0.1) is 0 Å². The van der Waals surface area contributed by atoms with E-state index in [1.807, 2.05) is 54.6 Å². The Labute approximate surface area is 371 Å². The molecule has 0 aromatic heterocycles. The lowest BCUT2D eigenvalue weighted by Gasteiger charge is -2.24. The van der Waals surface area contributed by atoms with Crippen LogP contribution in [0.3, 0.4) is 0 Å². The molecule has 0 fully saturated rings. The number of rotatable bonds is 7. The topological polar surface area (TPSA) is 38.4 Å². The molecule has 0 spiro atoms. The molecule has 0 heterocycles. The van der Waals surface area contributed by atoms with E-state index in [0.717, 1.165) is 46.0 Å². The van der Waals surface area contributed by atoms with Gasteiger partial charge in [0.05, 0.1) is 11.4 Å². The number of benzene rings is 8. The largest absolute Gasteiger partial charge is 0.398 e. The summed E-state index contributed by atoms with van der Waals surface area (Å²) in [6.45, 7) is 13.9. The van der Waals surface area contributed by atoms with Gasteiger partial charge in [-0.25, -0.2) is 4.99 Å². The molecule has 3 aliphatic carbocycles. The summed E-state index contributed by atoms with van der Waals surface area (Å²) >= 11 is 0. The molecule has 0 radical (unpaired) electrons. The molecule has 11 rings (SSSR count). The van der Waals surface area contributed by atoms with E-state index >= 15 is 0 Å². The van der Waals surface area contributed by atoms with Gasteiger partial charge in [-0.05, 0) is 131 Å². The molecule has 0 saturated carbocycles. The van der Waals surface area contributed by atoms with Gasteiger partial charge in [-0.15, -0.1) is 0 Å². The molecule has 0 aliphatic heterocycles. The summed E-state index contributed by atoms with van der Waals surface area (Å²) in [6, 6.07) is 59.4. The number of aliphatic imine (C=N–C) groups is 1. The highest BCUT2D eigenvalue weighted by molar-refractivity contribution is 6.22. The number of allylic oxidation sites excluding steroid dienone is 5. The summed E-state index contributed by atoms with van der Waals surface area (Å²) in [6.07, 6.45) is 8.90. The summed E-state index contributed by atoms with van der Waals surface area (Å²) in [7, 11) is 0. The second-order valence-electron chi connectivity index (χ2n) is 18.5. The summed E-state index contributed by atoms with van der Waals surface area (Å²) in [5.41, 5.74) is 28.3. The van der Waals surface area contributed by atoms with E-state index in [0.29, 0.717) is 11.4 Å². The Bertz CT molecular complexity index is 3330.